The quantitative estimate of drug-likeness (QED) is 0.328. The van der Waals surface area contributed by atoms with Crippen LogP contribution in [0, 0.1) is 6.92 Å². The summed E-state index contributed by atoms with van der Waals surface area (Å²) in [6.07, 6.45) is 0. The van der Waals surface area contributed by atoms with E-state index in [1.54, 1.807) is 12.1 Å². The number of nitrogens with one attached hydrogen (secondary N) is 2. The zero-order valence-electron chi connectivity index (χ0n) is 17.4. The number of hydrogen-bond acceptors (Lipinski definition) is 5. The van der Waals surface area contributed by atoms with Gasteiger partial charge in [0.25, 0.3) is 5.91 Å². The Bertz CT molecular complexity index is 1220. The molecule has 2 N–H and O–H groups in total. The molecule has 0 aliphatic rings. The van der Waals surface area contributed by atoms with Crippen LogP contribution in [0.25, 0.3) is 11.3 Å². The van der Waals surface area contributed by atoms with Crippen molar-refractivity contribution in [3.05, 3.63) is 95.4 Å². The highest BCUT2D eigenvalue weighted by atomic mass is 32.2. The maximum atomic E-state index is 12.4. The largest absolute Gasteiger partial charge is 0.322 e. The Balaban J connectivity index is 1.31. The van der Waals surface area contributed by atoms with E-state index in [1.807, 2.05) is 79.0 Å². The Morgan fingerprint density at radius 2 is 1.72 bits per heavy atom. The van der Waals surface area contributed by atoms with Crippen LogP contribution in [0.2, 0.25) is 0 Å². The van der Waals surface area contributed by atoms with Gasteiger partial charge in [0.05, 0.1) is 11.4 Å². The number of hydrogen-bond donors (Lipinski definition) is 2. The van der Waals surface area contributed by atoms with Crippen molar-refractivity contribution in [3.8, 4) is 11.3 Å². The van der Waals surface area contributed by atoms with Crippen molar-refractivity contribution in [3.63, 3.8) is 0 Å². The fourth-order valence-corrected chi connectivity index (χ4v) is 4.44. The van der Waals surface area contributed by atoms with Crippen molar-refractivity contribution >= 4 is 45.7 Å². The molecule has 4 rings (SSSR count). The predicted octanol–water partition coefficient (Wildman–Crippen LogP) is 6.10. The van der Waals surface area contributed by atoms with Gasteiger partial charge in [-0.15, -0.1) is 23.1 Å². The topological polar surface area (TPSA) is 71.1 Å². The molecular formula is C25H21N3O2S2. The highest BCUT2D eigenvalue weighted by Crippen LogP contribution is 2.26. The summed E-state index contributed by atoms with van der Waals surface area (Å²) in [5.41, 5.74) is 4.26. The van der Waals surface area contributed by atoms with E-state index in [1.165, 1.54) is 23.1 Å². The summed E-state index contributed by atoms with van der Waals surface area (Å²) in [6.45, 7) is 1.98. The van der Waals surface area contributed by atoms with Gasteiger partial charge in [-0.25, -0.2) is 4.98 Å². The van der Waals surface area contributed by atoms with E-state index in [-0.39, 0.29) is 17.6 Å². The summed E-state index contributed by atoms with van der Waals surface area (Å²) >= 11 is 2.81. The van der Waals surface area contributed by atoms with Gasteiger partial charge in [0.2, 0.25) is 5.91 Å². The Hall–Kier alpha value is -3.42. The molecule has 4 aromatic rings. The first-order valence-corrected chi connectivity index (χ1v) is 11.8. The molecule has 3 aromatic carbocycles. The van der Waals surface area contributed by atoms with Gasteiger partial charge in [0, 0.05) is 27.1 Å². The maximum absolute atomic E-state index is 12.4. The molecule has 0 fully saturated rings. The van der Waals surface area contributed by atoms with Gasteiger partial charge in [-0.3, -0.25) is 9.59 Å². The summed E-state index contributed by atoms with van der Waals surface area (Å²) in [5, 5.41) is 8.26. The van der Waals surface area contributed by atoms with Crippen LogP contribution in [0.1, 0.15) is 15.9 Å². The first-order valence-electron chi connectivity index (χ1n) is 9.98. The van der Waals surface area contributed by atoms with Gasteiger partial charge in [-0.05, 0) is 37.3 Å². The summed E-state index contributed by atoms with van der Waals surface area (Å²) in [7, 11) is 0. The Kier molecular flexibility index (Phi) is 6.99. The number of aryl methyl sites for hydroxylation is 1. The number of rotatable bonds is 7. The van der Waals surface area contributed by atoms with Gasteiger partial charge in [0.15, 0.2) is 5.13 Å². The Labute approximate surface area is 194 Å². The molecule has 0 radical (unpaired) electrons. The monoisotopic (exact) mass is 459 g/mol. The lowest BCUT2D eigenvalue weighted by atomic mass is 10.1. The average molecular weight is 460 g/mol. The summed E-state index contributed by atoms with van der Waals surface area (Å²) < 4.78 is 0. The molecular weight excluding hydrogens is 438 g/mol. The fraction of sp³-hybridized carbons (Fsp3) is 0.0800. The lowest BCUT2D eigenvalue weighted by Gasteiger charge is -2.08. The number of nitrogens with zero attached hydrogens (tertiary/aromatic N) is 1. The second kappa shape index (κ2) is 10.3. The van der Waals surface area contributed by atoms with Crippen LogP contribution in [0.5, 0.6) is 0 Å². The first-order chi connectivity index (χ1) is 15.6. The van der Waals surface area contributed by atoms with Crippen LogP contribution >= 0.6 is 23.1 Å². The Morgan fingerprint density at radius 1 is 0.938 bits per heavy atom. The minimum atomic E-state index is -0.164. The number of benzene rings is 3. The molecule has 0 aliphatic heterocycles. The number of carbonyl (C=O) groups excluding carboxylic acids is 2. The van der Waals surface area contributed by atoms with Gasteiger partial charge in [0.1, 0.15) is 0 Å². The maximum Gasteiger partial charge on any atom is 0.255 e. The van der Waals surface area contributed by atoms with Crippen molar-refractivity contribution in [1.29, 1.82) is 0 Å². The van der Waals surface area contributed by atoms with E-state index < -0.39 is 0 Å². The lowest BCUT2D eigenvalue weighted by molar-refractivity contribution is -0.113. The van der Waals surface area contributed by atoms with E-state index in [2.05, 4.69) is 15.6 Å². The molecule has 0 unspecified atom stereocenters. The van der Waals surface area contributed by atoms with E-state index in [9.17, 15) is 9.59 Å². The van der Waals surface area contributed by atoms with Gasteiger partial charge in [-0.2, -0.15) is 0 Å². The number of thiazole rings is 1. The predicted molar refractivity (Wildman–Crippen MR) is 132 cm³/mol. The molecule has 0 aliphatic carbocycles. The van der Waals surface area contributed by atoms with E-state index in [4.69, 9.17) is 0 Å². The molecule has 0 bridgehead atoms. The molecule has 5 nitrogen and oxygen atoms in total. The lowest BCUT2D eigenvalue weighted by Crippen LogP contribution is -2.14. The van der Waals surface area contributed by atoms with Crippen molar-refractivity contribution in [2.45, 2.75) is 11.8 Å². The number of amides is 2. The van der Waals surface area contributed by atoms with Crippen LogP contribution < -0.4 is 10.6 Å². The summed E-state index contributed by atoms with van der Waals surface area (Å²) in [4.78, 5) is 30.2. The molecule has 7 heteroatoms. The second-order valence-corrected chi connectivity index (χ2v) is 9.00. The van der Waals surface area contributed by atoms with Crippen molar-refractivity contribution in [1.82, 2.24) is 4.98 Å². The third kappa shape index (κ3) is 5.84. The van der Waals surface area contributed by atoms with Gasteiger partial charge in [-0.1, -0.05) is 54.1 Å². The van der Waals surface area contributed by atoms with Crippen molar-refractivity contribution < 1.29 is 9.59 Å². The molecule has 0 spiro atoms. The van der Waals surface area contributed by atoms with Crippen molar-refractivity contribution in [2.75, 3.05) is 16.4 Å². The first kappa shape index (κ1) is 21.8. The van der Waals surface area contributed by atoms with Crippen LogP contribution in [0.15, 0.2) is 89.1 Å². The highest BCUT2D eigenvalue weighted by molar-refractivity contribution is 8.00. The normalized spacial score (nSPS) is 10.5. The molecule has 2 amide bonds. The average Bonchev–Trinajstić information content (AvgIpc) is 3.27. The van der Waals surface area contributed by atoms with E-state index in [0.717, 1.165) is 21.7 Å². The zero-order valence-corrected chi connectivity index (χ0v) is 19.0. The standard InChI is InChI=1S/C25H21N3O2S2/c1-17-10-12-19(13-11-17)24(30)26-20-8-5-9-21(14-20)31-16-23(29)28-25-27-22(15-32-25)18-6-3-2-4-7-18/h2-15H,16H2,1H3,(H,26,30)(H,27,28,29). The Morgan fingerprint density at radius 3 is 2.50 bits per heavy atom. The fourth-order valence-electron chi connectivity index (χ4n) is 2.95. The minimum Gasteiger partial charge on any atom is -0.322 e. The molecule has 0 saturated heterocycles. The van der Waals surface area contributed by atoms with Crippen LogP contribution in [0.4, 0.5) is 10.8 Å². The van der Waals surface area contributed by atoms with Gasteiger partial charge < -0.3 is 10.6 Å². The molecule has 1 heterocycles. The van der Waals surface area contributed by atoms with Crippen LogP contribution in [0.3, 0.4) is 0 Å². The molecule has 1 aromatic heterocycles. The number of thioether (sulfide) groups is 1. The molecule has 0 atom stereocenters. The van der Waals surface area contributed by atoms with Crippen LogP contribution in [-0.4, -0.2) is 22.6 Å². The molecule has 32 heavy (non-hydrogen) atoms. The SMILES string of the molecule is Cc1ccc(C(=O)Nc2cccc(SCC(=O)Nc3nc(-c4ccccc4)cs3)c2)cc1. The van der Waals surface area contributed by atoms with E-state index >= 15 is 0 Å². The second-order valence-electron chi connectivity index (χ2n) is 7.09. The van der Waals surface area contributed by atoms with E-state index in [0.29, 0.717) is 16.4 Å². The number of carbonyl (C=O) groups is 2. The number of anilines is 2. The third-order valence-electron chi connectivity index (χ3n) is 4.60. The summed E-state index contributed by atoms with van der Waals surface area (Å²) in [5.74, 6) is -0.0452. The third-order valence-corrected chi connectivity index (χ3v) is 6.35. The molecule has 0 saturated carbocycles. The molecule has 160 valence electrons. The summed E-state index contributed by atoms with van der Waals surface area (Å²) in [6, 6.07) is 24.7. The minimum absolute atomic E-state index is 0.127. The van der Waals surface area contributed by atoms with Crippen LogP contribution in [-0.2, 0) is 4.79 Å². The van der Waals surface area contributed by atoms with Crippen molar-refractivity contribution in [2.24, 2.45) is 0 Å². The highest BCUT2D eigenvalue weighted by Gasteiger charge is 2.10. The van der Waals surface area contributed by atoms with Gasteiger partial charge >= 0.3 is 0 Å². The number of aromatic nitrogens is 1. The zero-order chi connectivity index (χ0) is 22.3. The smallest absolute Gasteiger partial charge is 0.255 e.